The number of aryl methyl sites for hydroxylation is 1. The van der Waals surface area contributed by atoms with Crippen molar-refractivity contribution in [2.45, 2.75) is 6.92 Å². The van der Waals surface area contributed by atoms with Crippen molar-refractivity contribution in [2.75, 3.05) is 19.9 Å². The molecule has 0 unspecified atom stereocenters. The minimum Gasteiger partial charge on any atom is -0.484 e. The van der Waals surface area contributed by atoms with Crippen molar-refractivity contribution in [3.63, 3.8) is 0 Å². The maximum absolute atomic E-state index is 11.7. The van der Waals surface area contributed by atoms with Gasteiger partial charge in [-0.05, 0) is 48.4 Å². The first-order valence-electron chi connectivity index (χ1n) is 8.28. The molecule has 2 N–H and O–H groups in total. The maximum Gasteiger partial charge on any atom is 0.259 e. The number of amides is 2. The first-order valence-corrected chi connectivity index (χ1v) is 8.28. The Kier molecular flexibility index (Phi) is 5.88. The van der Waals surface area contributed by atoms with Crippen LogP contribution in [0, 0.1) is 6.92 Å². The molecule has 0 atom stereocenters. The molecule has 0 radical (unpaired) electrons. The van der Waals surface area contributed by atoms with Crippen molar-refractivity contribution in [1.29, 1.82) is 0 Å². The van der Waals surface area contributed by atoms with Crippen LogP contribution in [0.25, 0.3) is 0 Å². The number of hydrogen-bond donors (Lipinski definition) is 2. The van der Waals surface area contributed by atoms with E-state index < -0.39 is 11.8 Å². The predicted molar refractivity (Wildman–Crippen MR) is 98.0 cm³/mol. The maximum atomic E-state index is 11.7. The van der Waals surface area contributed by atoms with Gasteiger partial charge in [0.2, 0.25) is 6.79 Å². The highest BCUT2D eigenvalue weighted by Gasteiger charge is 2.12. The van der Waals surface area contributed by atoms with Crippen molar-refractivity contribution >= 4 is 18.0 Å². The summed E-state index contributed by atoms with van der Waals surface area (Å²) in [7, 11) is 0. The van der Waals surface area contributed by atoms with E-state index in [1.165, 1.54) is 6.21 Å². The Bertz CT molecular complexity index is 866. The van der Waals surface area contributed by atoms with Crippen LogP contribution >= 0.6 is 0 Å². The fraction of sp³-hybridized carbons (Fsp3) is 0.211. The standard InChI is InChI=1S/C19H19N3O5/c1-13-3-2-4-15(7-13)25-11-19(24)20-10-18(23)22-21-9-14-5-6-16-17(8-14)27-12-26-16/h2-9H,10-12H2,1H3,(H,20,24)(H,22,23)/b21-9-. The van der Waals surface area contributed by atoms with Crippen LogP contribution in [0.1, 0.15) is 11.1 Å². The summed E-state index contributed by atoms with van der Waals surface area (Å²) in [5, 5.41) is 6.31. The fourth-order valence-electron chi connectivity index (χ4n) is 2.30. The monoisotopic (exact) mass is 369 g/mol. The van der Waals surface area contributed by atoms with Gasteiger partial charge in [-0.25, -0.2) is 5.43 Å². The number of carbonyl (C=O) groups is 2. The van der Waals surface area contributed by atoms with Crippen molar-refractivity contribution < 1.29 is 23.8 Å². The topological polar surface area (TPSA) is 98.2 Å². The zero-order valence-corrected chi connectivity index (χ0v) is 14.7. The smallest absolute Gasteiger partial charge is 0.259 e. The van der Waals surface area contributed by atoms with Crippen LogP contribution in [0.3, 0.4) is 0 Å². The molecule has 1 heterocycles. The molecule has 140 valence electrons. The average Bonchev–Trinajstić information content (AvgIpc) is 3.12. The lowest BCUT2D eigenvalue weighted by Crippen LogP contribution is -2.37. The van der Waals surface area contributed by atoms with Crippen LogP contribution in [0.15, 0.2) is 47.6 Å². The van der Waals surface area contributed by atoms with Gasteiger partial charge in [-0.1, -0.05) is 12.1 Å². The second kappa shape index (κ2) is 8.70. The van der Waals surface area contributed by atoms with Gasteiger partial charge in [-0.15, -0.1) is 0 Å². The molecule has 1 aliphatic heterocycles. The molecule has 0 spiro atoms. The Morgan fingerprint density at radius 3 is 2.85 bits per heavy atom. The molecule has 0 bridgehead atoms. The van der Waals surface area contributed by atoms with E-state index in [1.54, 1.807) is 24.3 Å². The summed E-state index contributed by atoms with van der Waals surface area (Å²) in [6.07, 6.45) is 1.47. The van der Waals surface area contributed by atoms with Crippen LogP contribution in [0.5, 0.6) is 17.2 Å². The SMILES string of the molecule is Cc1cccc(OCC(=O)NCC(=O)N/N=C\c2ccc3c(c2)OCO3)c1. The Hall–Kier alpha value is -3.55. The molecule has 2 amide bonds. The van der Waals surface area contributed by atoms with E-state index >= 15 is 0 Å². The quantitative estimate of drug-likeness (QED) is 0.567. The van der Waals surface area contributed by atoms with Gasteiger partial charge >= 0.3 is 0 Å². The van der Waals surface area contributed by atoms with Gasteiger partial charge in [-0.2, -0.15) is 5.10 Å². The number of hydrazone groups is 1. The third kappa shape index (κ3) is 5.46. The molecule has 0 saturated heterocycles. The van der Waals surface area contributed by atoms with Crippen LogP contribution in [0.4, 0.5) is 0 Å². The lowest BCUT2D eigenvalue weighted by Gasteiger charge is -2.07. The first kappa shape index (κ1) is 18.2. The van der Waals surface area contributed by atoms with Gasteiger partial charge in [-0.3, -0.25) is 9.59 Å². The van der Waals surface area contributed by atoms with E-state index in [9.17, 15) is 9.59 Å². The molecule has 0 aromatic heterocycles. The number of hydrogen-bond acceptors (Lipinski definition) is 6. The van der Waals surface area contributed by atoms with Gasteiger partial charge in [0.15, 0.2) is 18.1 Å². The second-order valence-corrected chi connectivity index (χ2v) is 5.79. The number of nitrogens with one attached hydrogen (secondary N) is 2. The van der Waals surface area contributed by atoms with Gasteiger partial charge in [0.1, 0.15) is 5.75 Å². The molecule has 0 saturated carbocycles. The van der Waals surface area contributed by atoms with E-state index in [2.05, 4.69) is 15.8 Å². The van der Waals surface area contributed by atoms with Crippen molar-refractivity contribution in [2.24, 2.45) is 5.10 Å². The molecular formula is C19H19N3O5. The van der Waals surface area contributed by atoms with Crippen LogP contribution in [0.2, 0.25) is 0 Å². The molecular weight excluding hydrogens is 350 g/mol. The lowest BCUT2D eigenvalue weighted by molar-refractivity contribution is -0.127. The lowest BCUT2D eigenvalue weighted by atomic mass is 10.2. The van der Waals surface area contributed by atoms with Gasteiger partial charge in [0, 0.05) is 0 Å². The van der Waals surface area contributed by atoms with E-state index in [0.717, 1.165) is 11.1 Å². The minimum absolute atomic E-state index is 0.169. The van der Waals surface area contributed by atoms with E-state index in [1.807, 2.05) is 25.1 Å². The highest BCUT2D eigenvalue weighted by atomic mass is 16.7. The number of benzene rings is 2. The summed E-state index contributed by atoms with van der Waals surface area (Å²) in [5.41, 5.74) is 4.12. The average molecular weight is 369 g/mol. The van der Waals surface area contributed by atoms with E-state index in [4.69, 9.17) is 14.2 Å². The summed E-state index contributed by atoms with van der Waals surface area (Å²) in [5.74, 6) is 1.06. The van der Waals surface area contributed by atoms with Crippen LogP contribution in [-0.4, -0.2) is 38.0 Å². The van der Waals surface area contributed by atoms with Crippen molar-refractivity contribution in [3.8, 4) is 17.2 Å². The number of ether oxygens (including phenoxy) is 3. The molecule has 2 aromatic carbocycles. The molecule has 1 aliphatic rings. The normalized spacial score (nSPS) is 12.0. The van der Waals surface area contributed by atoms with Crippen LogP contribution < -0.4 is 25.0 Å². The van der Waals surface area contributed by atoms with Crippen molar-refractivity contribution in [3.05, 3.63) is 53.6 Å². The summed E-state index contributed by atoms with van der Waals surface area (Å²) >= 11 is 0. The molecule has 0 aliphatic carbocycles. The van der Waals surface area contributed by atoms with Gasteiger partial charge in [0.05, 0.1) is 12.8 Å². The Balaban J connectivity index is 1.37. The Morgan fingerprint density at radius 2 is 2.00 bits per heavy atom. The van der Waals surface area contributed by atoms with Gasteiger partial charge in [0.25, 0.3) is 11.8 Å². The molecule has 27 heavy (non-hydrogen) atoms. The Morgan fingerprint density at radius 1 is 1.15 bits per heavy atom. The predicted octanol–water partition coefficient (Wildman–Crippen LogP) is 1.37. The number of fused-ring (bicyclic) bond motifs is 1. The summed E-state index contributed by atoms with van der Waals surface area (Å²) < 4.78 is 15.8. The third-order valence-electron chi connectivity index (χ3n) is 3.61. The first-order chi connectivity index (χ1) is 13.1. The molecule has 8 nitrogen and oxygen atoms in total. The summed E-state index contributed by atoms with van der Waals surface area (Å²) in [4.78, 5) is 23.4. The zero-order valence-electron chi connectivity index (χ0n) is 14.7. The van der Waals surface area contributed by atoms with Crippen molar-refractivity contribution in [1.82, 2.24) is 10.7 Å². The summed E-state index contributed by atoms with van der Waals surface area (Å²) in [6.45, 7) is 1.76. The summed E-state index contributed by atoms with van der Waals surface area (Å²) in [6, 6.07) is 12.7. The third-order valence-corrected chi connectivity index (χ3v) is 3.61. The molecule has 2 aromatic rings. The second-order valence-electron chi connectivity index (χ2n) is 5.79. The number of nitrogens with zero attached hydrogens (tertiary/aromatic N) is 1. The zero-order chi connectivity index (χ0) is 19.1. The van der Waals surface area contributed by atoms with Gasteiger partial charge < -0.3 is 19.5 Å². The highest BCUT2D eigenvalue weighted by Crippen LogP contribution is 2.31. The Labute approximate surface area is 156 Å². The van der Waals surface area contributed by atoms with E-state index in [0.29, 0.717) is 17.2 Å². The fourth-order valence-corrected chi connectivity index (χ4v) is 2.30. The van der Waals surface area contributed by atoms with Crippen LogP contribution in [-0.2, 0) is 9.59 Å². The highest BCUT2D eigenvalue weighted by molar-refractivity contribution is 5.87. The number of carbonyl (C=O) groups excluding carboxylic acids is 2. The largest absolute Gasteiger partial charge is 0.484 e. The number of rotatable bonds is 7. The molecule has 0 fully saturated rings. The van der Waals surface area contributed by atoms with E-state index in [-0.39, 0.29) is 19.9 Å². The molecule has 8 heteroatoms. The minimum atomic E-state index is -0.448. The molecule has 3 rings (SSSR count).